The maximum atomic E-state index is 10.2. The summed E-state index contributed by atoms with van der Waals surface area (Å²) < 4.78 is 5.87. The van der Waals surface area contributed by atoms with E-state index in [2.05, 4.69) is 33.9 Å². The monoisotopic (exact) mass is 230 g/mol. The number of aliphatic carboxylic acids is 1. The molecule has 0 rings (SSSR count). The molecule has 0 heterocycles. The fourth-order valence-corrected chi connectivity index (χ4v) is 1.84. The Balaban J connectivity index is 3.91. The van der Waals surface area contributed by atoms with Crippen molar-refractivity contribution in [1.82, 2.24) is 0 Å². The SMILES string of the molecule is CC(C)(C)[Si](C)(C)OCCC=CC(=O)O. The average molecular weight is 230 g/mol. The second kappa shape index (κ2) is 5.46. The highest BCUT2D eigenvalue weighted by atomic mass is 28.4. The Hall–Kier alpha value is -0.613. The van der Waals surface area contributed by atoms with E-state index in [1.165, 1.54) is 0 Å². The van der Waals surface area contributed by atoms with Crippen molar-refractivity contribution in [1.29, 1.82) is 0 Å². The Morgan fingerprint density at radius 2 is 1.93 bits per heavy atom. The molecule has 3 nitrogen and oxygen atoms in total. The molecule has 0 aliphatic rings. The zero-order chi connectivity index (χ0) is 12.1. The summed E-state index contributed by atoms with van der Waals surface area (Å²) in [6, 6.07) is 0. The standard InChI is InChI=1S/C11H22O3Si/c1-11(2,3)15(4,5)14-9-7-6-8-10(12)13/h6,8H,7,9H2,1-5H3,(H,12,13). The molecule has 0 radical (unpaired) electrons. The van der Waals surface area contributed by atoms with E-state index in [-0.39, 0.29) is 5.04 Å². The van der Waals surface area contributed by atoms with Gasteiger partial charge in [-0.1, -0.05) is 26.8 Å². The van der Waals surface area contributed by atoms with Crippen LogP contribution in [0.25, 0.3) is 0 Å². The number of carboxylic acid groups (broad SMARTS) is 1. The zero-order valence-corrected chi connectivity index (χ0v) is 11.3. The van der Waals surface area contributed by atoms with Crippen LogP contribution in [0.4, 0.5) is 0 Å². The van der Waals surface area contributed by atoms with E-state index in [1.807, 2.05) is 0 Å². The summed E-state index contributed by atoms with van der Waals surface area (Å²) in [7, 11) is -1.66. The molecule has 0 bridgehead atoms. The predicted octanol–water partition coefficient (Wildman–Crippen LogP) is 3.04. The minimum absolute atomic E-state index is 0.212. The van der Waals surface area contributed by atoms with Gasteiger partial charge in [0.15, 0.2) is 8.32 Å². The lowest BCUT2D eigenvalue weighted by molar-refractivity contribution is -0.131. The Labute approximate surface area is 93.3 Å². The molecule has 4 heteroatoms. The molecular weight excluding hydrogens is 208 g/mol. The topological polar surface area (TPSA) is 46.5 Å². The molecular formula is C11H22O3Si. The number of hydrogen-bond acceptors (Lipinski definition) is 2. The average Bonchev–Trinajstić information content (AvgIpc) is 2.00. The Morgan fingerprint density at radius 3 is 2.33 bits per heavy atom. The van der Waals surface area contributed by atoms with Gasteiger partial charge in [0.25, 0.3) is 0 Å². The molecule has 0 saturated heterocycles. The van der Waals surface area contributed by atoms with Crippen LogP contribution in [0.3, 0.4) is 0 Å². The van der Waals surface area contributed by atoms with Crippen molar-refractivity contribution >= 4 is 14.3 Å². The van der Waals surface area contributed by atoms with Crippen LogP contribution in [0.5, 0.6) is 0 Å². The van der Waals surface area contributed by atoms with Gasteiger partial charge in [-0.15, -0.1) is 0 Å². The molecule has 0 aromatic carbocycles. The lowest BCUT2D eigenvalue weighted by atomic mass is 10.2. The van der Waals surface area contributed by atoms with E-state index in [0.717, 1.165) is 6.08 Å². The van der Waals surface area contributed by atoms with Gasteiger partial charge in [-0.25, -0.2) is 4.79 Å². The third-order valence-corrected chi connectivity index (χ3v) is 7.35. The van der Waals surface area contributed by atoms with Crippen molar-refractivity contribution in [2.24, 2.45) is 0 Å². The first-order chi connectivity index (χ1) is 6.67. The predicted molar refractivity (Wildman–Crippen MR) is 64.5 cm³/mol. The van der Waals surface area contributed by atoms with Gasteiger partial charge in [-0.2, -0.15) is 0 Å². The molecule has 0 aromatic heterocycles. The van der Waals surface area contributed by atoms with Gasteiger partial charge in [-0.05, 0) is 24.6 Å². The first-order valence-electron chi connectivity index (χ1n) is 5.20. The third kappa shape index (κ3) is 5.74. The highest BCUT2D eigenvalue weighted by Crippen LogP contribution is 2.36. The minimum atomic E-state index is -1.66. The van der Waals surface area contributed by atoms with E-state index < -0.39 is 14.3 Å². The van der Waals surface area contributed by atoms with Crippen LogP contribution in [0, 0.1) is 0 Å². The van der Waals surface area contributed by atoms with Gasteiger partial charge in [-0.3, -0.25) is 0 Å². The summed E-state index contributed by atoms with van der Waals surface area (Å²) in [5.74, 6) is -0.901. The number of hydrogen-bond donors (Lipinski definition) is 1. The second-order valence-electron chi connectivity index (χ2n) is 5.14. The first-order valence-corrected chi connectivity index (χ1v) is 8.11. The quantitative estimate of drug-likeness (QED) is 0.448. The molecule has 15 heavy (non-hydrogen) atoms. The van der Waals surface area contributed by atoms with Crippen molar-refractivity contribution in [3.8, 4) is 0 Å². The van der Waals surface area contributed by atoms with Gasteiger partial charge < -0.3 is 9.53 Å². The summed E-state index contributed by atoms with van der Waals surface area (Å²) in [6.45, 7) is 11.5. The molecule has 0 aromatic rings. The van der Waals surface area contributed by atoms with Crippen LogP contribution in [-0.4, -0.2) is 26.0 Å². The number of carboxylic acids is 1. The summed E-state index contributed by atoms with van der Waals surface area (Å²) in [5, 5.41) is 8.59. The van der Waals surface area contributed by atoms with Crippen molar-refractivity contribution in [2.75, 3.05) is 6.61 Å². The lowest BCUT2D eigenvalue weighted by Gasteiger charge is -2.36. The van der Waals surface area contributed by atoms with Gasteiger partial charge in [0.05, 0.1) is 0 Å². The lowest BCUT2D eigenvalue weighted by Crippen LogP contribution is -2.40. The fourth-order valence-electron chi connectivity index (χ4n) is 0.783. The van der Waals surface area contributed by atoms with Gasteiger partial charge >= 0.3 is 5.97 Å². The molecule has 0 aliphatic carbocycles. The molecule has 0 atom stereocenters. The van der Waals surface area contributed by atoms with Crippen molar-refractivity contribution < 1.29 is 14.3 Å². The highest BCUT2D eigenvalue weighted by Gasteiger charge is 2.36. The third-order valence-electron chi connectivity index (χ3n) is 2.81. The molecule has 0 fully saturated rings. The molecule has 0 spiro atoms. The van der Waals surface area contributed by atoms with Gasteiger partial charge in [0, 0.05) is 12.7 Å². The minimum Gasteiger partial charge on any atom is -0.478 e. The van der Waals surface area contributed by atoms with Crippen LogP contribution < -0.4 is 0 Å². The van der Waals surface area contributed by atoms with E-state index in [0.29, 0.717) is 13.0 Å². The highest BCUT2D eigenvalue weighted by molar-refractivity contribution is 6.74. The first kappa shape index (κ1) is 14.4. The van der Waals surface area contributed by atoms with E-state index in [4.69, 9.17) is 9.53 Å². The van der Waals surface area contributed by atoms with E-state index in [9.17, 15) is 4.79 Å². The number of carbonyl (C=O) groups is 1. The summed E-state index contributed by atoms with van der Waals surface area (Å²) in [5.41, 5.74) is 0. The molecule has 0 aliphatic heterocycles. The van der Waals surface area contributed by atoms with Crippen LogP contribution in [0.1, 0.15) is 27.2 Å². The van der Waals surface area contributed by atoms with Crippen molar-refractivity contribution in [2.45, 2.75) is 45.3 Å². The van der Waals surface area contributed by atoms with E-state index in [1.54, 1.807) is 6.08 Å². The largest absolute Gasteiger partial charge is 0.478 e. The van der Waals surface area contributed by atoms with Crippen LogP contribution in [-0.2, 0) is 9.22 Å². The molecule has 0 unspecified atom stereocenters. The fraction of sp³-hybridized carbons (Fsp3) is 0.727. The Morgan fingerprint density at radius 1 is 1.40 bits per heavy atom. The molecule has 0 amide bonds. The summed E-state index contributed by atoms with van der Waals surface area (Å²) in [4.78, 5) is 10.2. The maximum Gasteiger partial charge on any atom is 0.327 e. The number of rotatable bonds is 5. The second-order valence-corrected chi connectivity index (χ2v) is 9.95. The zero-order valence-electron chi connectivity index (χ0n) is 10.3. The smallest absolute Gasteiger partial charge is 0.327 e. The summed E-state index contributed by atoms with van der Waals surface area (Å²) >= 11 is 0. The van der Waals surface area contributed by atoms with E-state index >= 15 is 0 Å². The normalized spacial score (nSPS) is 13.4. The summed E-state index contributed by atoms with van der Waals surface area (Å²) in [6.07, 6.45) is 3.46. The molecule has 1 N–H and O–H groups in total. The Bertz CT molecular complexity index is 239. The van der Waals surface area contributed by atoms with Gasteiger partial charge in [0.2, 0.25) is 0 Å². The molecule has 88 valence electrons. The van der Waals surface area contributed by atoms with Crippen molar-refractivity contribution in [3.05, 3.63) is 12.2 Å². The maximum absolute atomic E-state index is 10.2. The van der Waals surface area contributed by atoms with Crippen LogP contribution >= 0.6 is 0 Å². The van der Waals surface area contributed by atoms with Crippen LogP contribution in [0.15, 0.2) is 12.2 Å². The van der Waals surface area contributed by atoms with Crippen LogP contribution in [0.2, 0.25) is 18.1 Å². The molecule has 0 saturated carbocycles. The van der Waals surface area contributed by atoms with Gasteiger partial charge in [0.1, 0.15) is 0 Å². The van der Waals surface area contributed by atoms with Crippen molar-refractivity contribution in [3.63, 3.8) is 0 Å². The Kier molecular flexibility index (Phi) is 5.24.